The third-order valence-corrected chi connectivity index (χ3v) is 3.29. The second-order valence-corrected chi connectivity index (χ2v) is 5.96. The molecule has 0 bridgehead atoms. The lowest BCUT2D eigenvalue weighted by Gasteiger charge is -2.21. The van der Waals surface area contributed by atoms with Crippen LogP contribution in [-0.2, 0) is 9.59 Å². The minimum atomic E-state index is -0.303. The summed E-state index contributed by atoms with van der Waals surface area (Å²) in [5, 5.41) is 14.6. The molecule has 2 atom stereocenters. The van der Waals surface area contributed by atoms with Gasteiger partial charge < -0.3 is 15.7 Å². The third-order valence-electron chi connectivity index (χ3n) is 3.29. The van der Waals surface area contributed by atoms with Gasteiger partial charge in [0, 0.05) is 37.5 Å². The molecule has 0 heterocycles. The molecule has 1 saturated carbocycles. The SMILES string of the molecule is CC1CC1C(=O)NCCC(=O)NCC(C)(C)CO. The van der Waals surface area contributed by atoms with Crippen LogP contribution >= 0.6 is 0 Å². The average molecular weight is 256 g/mol. The minimum absolute atomic E-state index is 0.0313. The minimum Gasteiger partial charge on any atom is -0.396 e. The fourth-order valence-electron chi connectivity index (χ4n) is 1.60. The van der Waals surface area contributed by atoms with Crippen LogP contribution < -0.4 is 10.6 Å². The molecule has 1 aliphatic carbocycles. The van der Waals surface area contributed by atoms with Gasteiger partial charge in [-0.25, -0.2) is 0 Å². The number of hydrogen-bond donors (Lipinski definition) is 3. The van der Waals surface area contributed by atoms with E-state index in [9.17, 15) is 9.59 Å². The van der Waals surface area contributed by atoms with Gasteiger partial charge in [0.05, 0.1) is 0 Å². The fourth-order valence-corrected chi connectivity index (χ4v) is 1.60. The third kappa shape index (κ3) is 5.04. The molecule has 0 aromatic carbocycles. The molecule has 1 aliphatic rings. The largest absolute Gasteiger partial charge is 0.396 e. The van der Waals surface area contributed by atoms with Crippen LogP contribution in [0, 0.1) is 17.3 Å². The Hall–Kier alpha value is -1.10. The summed E-state index contributed by atoms with van der Waals surface area (Å²) < 4.78 is 0. The molecule has 2 unspecified atom stereocenters. The maximum atomic E-state index is 11.5. The van der Waals surface area contributed by atoms with Crippen LogP contribution in [0.25, 0.3) is 0 Å². The number of nitrogens with one attached hydrogen (secondary N) is 2. The zero-order valence-corrected chi connectivity index (χ0v) is 11.5. The van der Waals surface area contributed by atoms with Gasteiger partial charge in [0.2, 0.25) is 11.8 Å². The Morgan fingerprint density at radius 3 is 2.44 bits per heavy atom. The molecular formula is C13H24N2O3. The second kappa shape index (κ2) is 6.18. The van der Waals surface area contributed by atoms with Crippen molar-refractivity contribution in [2.75, 3.05) is 19.7 Å². The molecule has 0 aliphatic heterocycles. The Morgan fingerprint density at radius 2 is 1.94 bits per heavy atom. The standard InChI is InChI=1S/C13H24N2O3/c1-9-6-10(9)12(18)14-5-4-11(17)15-7-13(2,3)8-16/h9-10,16H,4-8H2,1-3H3,(H,14,18)(H,15,17). The van der Waals surface area contributed by atoms with E-state index in [2.05, 4.69) is 10.6 Å². The lowest BCUT2D eigenvalue weighted by molar-refractivity contribution is -0.123. The summed E-state index contributed by atoms with van der Waals surface area (Å²) >= 11 is 0. The number of aliphatic hydroxyl groups excluding tert-OH is 1. The molecule has 0 spiro atoms. The summed E-state index contributed by atoms with van der Waals surface area (Å²) in [5.41, 5.74) is -0.303. The van der Waals surface area contributed by atoms with E-state index < -0.39 is 0 Å². The Balaban J connectivity index is 2.08. The van der Waals surface area contributed by atoms with E-state index in [4.69, 9.17) is 5.11 Å². The normalized spacial score (nSPS) is 22.4. The van der Waals surface area contributed by atoms with Gasteiger partial charge in [-0.1, -0.05) is 20.8 Å². The highest BCUT2D eigenvalue weighted by atomic mass is 16.3. The summed E-state index contributed by atoms with van der Waals surface area (Å²) in [6.07, 6.45) is 1.25. The predicted molar refractivity (Wildman–Crippen MR) is 68.8 cm³/mol. The molecule has 1 rings (SSSR count). The quantitative estimate of drug-likeness (QED) is 0.612. The van der Waals surface area contributed by atoms with Crippen molar-refractivity contribution in [1.29, 1.82) is 0 Å². The molecule has 0 aromatic heterocycles. The lowest BCUT2D eigenvalue weighted by Crippen LogP contribution is -2.37. The zero-order valence-electron chi connectivity index (χ0n) is 11.5. The summed E-state index contributed by atoms with van der Waals surface area (Å²) in [7, 11) is 0. The van der Waals surface area contributed by atoms with Crippen LogP contribution in [0.2, 0.25) is 0 Å². The van der Waals surface area contributed by atoms with Crippen LogP contribution in [0.15, 0.2) is 0 Å². The van der Waals surface area contributed by atoms with Gasteiger partial charge in [-0.3, -0.25) is 9.59 Å². The monoisotopic (exact) mass is 256 g/mol. The van der Waals surface area contributed by atoms with Gasteiger partial charge in [-0.2, -0.15) is 0 Å². The summed E-state index contributed by atoms with van der Waals surface area (Å²) in [5.74, 6) is 0.609. The topological polar surface area (TPSA) is 78.4 Å². The van der Waals surface area contributed by atoms with E-state index in [0.717, 1.165) is 6.42 Å². The predicted octanol–water partition coefficient (Wildman–Crippen LogP) is 0.283. The van der Waals surface area contributed by atoms with Crippen molar-refractivity contribution in [3.63, 3.8) is 0 Å². The molecular weight excluding hydrogens is 232 g/mol. The van der Waals surface area contributed by atoms with E-state index in [1.54, 1.807) is 0 Å². The molecule has 1 fully saturated rings. The van der Waals surface area contributed by atoms with Crippen molar-refractivity contribution in [3.8, 4) is 0 Å². The van der Waals surface area contributed by atoms with Crippen LogP contribution in [0.5, 0.6) is 0 Å². The Morgan fingerprint density at radius 1 is 1.33 bits per heavy atom. The van der Waals surface area contributed by atoms with Gasteiger partial charge in [-0.05, 0) is 12.3 Å². The molecule has 104 valence electrons. The highest BCUT2D eigenvalue weighted by Crippen LogP contribution is 2.37. The van der Waals surface area contributed by atoms with Crippen LogP contribution in [0.4, 0.5) is 0 Å². The lowest BCUT2D eigenvalue weighted by atomic mass is 9.95. The van der Waals surface area contributed by atoms with Crippen LogP contribution in [-0.4, -0.2) is 36.6 Å². The second-order valence-electron chi connectivity index (χ2n) is 5.96. The first kappa shape index (κ1) is 15.0. The maximum absolute atomic E-state index is 11.5. The van der Waals surface area contributed by atoms with Crippen molar-refractivity contribution >= 4 is 11.8 Å². The van der Waals surface area contributed by atoms with E-state index >= 15 is 0 Å². The molecule has 0 aromatic rings. The van der Waals surface area contributed by atoms with E-state index in [0.29, 0.717) is 19.0 Å². The Kier molecular flexibility index (Phi) is 5.14. The van der Waals surface area contributed by atoms with Gasteiger partial charge in [0.25, 0.3) is 0 Å². The van der Waals surface area contributed by atoms with E-state index in [1.165, 1.54) is 0 Å². The van der Waals surface area contributed by atoms with Gasteiger partial charge in [-0.15, -0.1) is 0 Å². The number of aliphatic hydroxyl groups is 1. The molecule has 0 saturated heterocycles. The van der Waals surface area contributed by atoms with Crippen molar-refractivity contribution < 1.29 is 14.7 Å². The number of hydrogen-bond acceptors (Lipinski definition) is 3. The summed E-state index contributed by atoms with van der Waals surface area (Å²) in [4.78, 5) is 23.0. The zero-order chi connectivity index (χ0) is 13.8. The molecule has 0 radical (unpaired) electrons. The molecule has 18 heavy (non-hydrogen) atoms. The fraction of sp³-hybridized carbons (Fsp3) is 0.846. The van der Waals surface area contributed by atoms with E-state index in [1.807, 2.05) is 20.8 Å². The smallest absolute Gasteiger partial charge is 0.223 e. The number of rotatable bonds is 7. The average Bonchev–Trinajstić information content (AvgIpc) is 3.04. The van der Waals surface area contributed by atoms with Crippen molar-refractivity contribution in [3.05, 3.63) is 0 Å². The van der Waals surface area contributed by atoms with Crippen molar-refractivity contribution in [2.24, 2.45) is 17.3 Å². The molecule has 5 nitrogen and oxygen atoms in total. The van der Waals surface area contributed by atoms with Crippen molar-refractivity contribution in [1.82, 2.24) is 10.6 Å². The maximum Gasteiger partial charge on any atom is 0.223 e. The Bertz CT molecular complexity index is 315. The van der Waals surface area contributed by atoms with Crippen LogP contribution in [0.1, 0.15) is 33.6 Å². The van der Waals surface area contributed by atoms with Gasteiger partial charge >= 0.3 is 0 Å². The Labute approximate surface area is 108 Å². The van der Waals surface area contributed by atoms with Crippen molar-refractivity contribution in [2.45, 2.75) is 33.6 Å². The number of carbonyl (C=O) groups excluding carboxylic acids is 2. The highest BCUT2D eigenvalue weighted by Gasteiger charge is 2.38. The van der Waals surface area contributed by atoms with Gasteiger partial charge in [0.15, 0.2) is 0 Å². The number of amides is 2. The number of carbonyl (C=O) groups is 2. The highest BCUT2D eigenvalue weighted by molar-refractivity contribution is 5.82. The first-order valence-corrected chi connectivity index (χ1v) is 6.51. The van der Waals surface area contributed by atoms with E-state index in [-0.39, 0.29) is 36.2 Å². The van der Waals surface area contributed by atoms with Crippen LogP contribution in [0.3, 0.4) is 0 Å². The summed E-state index contributed by atoms with van der Waals surface area (Å²) in [6.45, 7) is 6.66. The first-order valence-electron chi connectivity index (χ1n) is 6.51. The first-order chi connectivity index (χ1) is 8.35. The van der Waals surface area contributed by atoms with Gasteiger partial charge in [0.1, 0.15) is 0 Å². The molecule has 2 amide bonds. The molecule has 3 N–H and O–H groups in total. The molecule has 5 heteroatoms. The summed E-state index contributed by atoms with van der Waals surface area (Å²) in [6, 6.07) is 0.